The highest BCUT2D eigenvalue weighted by Gasteiger charge is 2.23. The Kier molecular flexibility index (Phi) is 6.26. The van der Waals surface area contributed by atoms with Gasteiger partial charge in [0, 0.05) is 5.56 Å². The zero-order valence-electron chi connectivity index (χ0n) is 25.9. The second kappa shape index (κ2) is 10.4. The Morgan fingerprint density at radius 3 is 1.57 bits per heavy atom. The molecule has 3 N–H and O–H groups in total. The van der Waals surface area contributed by atoms with Gasteiger partial charge in [-0.25, -0.2) is 0 Å². The van der Waals surface area contributed by atoms with Gasteiger partial charge in [0.15, 0.2) is 11.5 Å². The molecular weight excluding hydrogens is 564 g/mol. The van der Waals surface area contributed by atoms with Gasteiger partial charge >= 0.3 is 0 Å². The van der Waals surface area contributed by atoms with Crippen molar-refractivity contribution in [3.05, 3.63) is 138 Å². The van der Waals surface area contributed by atoms with Crippen LogP contribution in [-0.2, 0) is 0 Å². The average molecular weight is 597 g/mol. The molecule has 0 aliphatic rings. The van der Waals surface area contributed by atoms with Crippen LogP contribution in [0.2, 0.25) is 0 Å². The highest BCUT2D eigenvalue weighted by Crippen LogP contribution is 2.50. The lowest BCUT2D eigenvalue weighted by Crippen LogP contribution is -1.93. The second-order valence-electron chi connectivity index (χ2n) is 12.3. The monoisotopic (exact) mass is 596 g/mol. The molecule has 46 heavy (non-hydrogen) atoms. The molecule has 3 heteroatoms. The van der Waals surface area contributed by atoms with E-state index in [0.29, 0.717) is 16.7 Å². The number of benzene rings is 8. The number of phenolic OH excluding ortho intramolecular Hbond substituents is 3. The Morgan fingerprint density at radius 2 is 0.848 bits per heavy atom. The highest BCUT2D eigenvalue weighted by molar-refractivity contribution is 6.22. The summed E-state index contributed by atoms with van der Waals surface area (Å²) < 4.78 is 0. The van der Waals surface area contributed by atoms with E-state index < -0.39 is 0 Å². The first-order valence-electron chi connectivity index (χ1n) is 15.5. The number of aromatic hydroxyl groups is 3. The fourth-order valence-corrected chi connectivity index (χ4v) is 7.07. The van der Waals surface area contributed by atoms with Gasteiger partial charge in [-0.3, -0.25) is 0 Å². The maximum Gasteiger partial charge on any atom is 0.169 e. The van der Waals surface area contributed by atoms with E-state index in [9.17, 15) is 15.3 Å². The molecule has 8 rings (SSSR count). The zero-order chi connectivity index (χ0) is 31.7. The lowest BCUT2D eigenvalue weighted by atomic mass is 9.84. The third-order valence-corrected chi connectivity index (χ3v) is 9.66. The SMILES string of the molecule is Cc1ccc(-c2c3ccccc3c(-c3ccc4c(ccc5ccccc54)c3)c3cc(-c4c(O)c(C)c(C)c(O)c4O)ccc23)cc1. The van der Waals surface area contributed by atoms with Crippen molar-refractivity contribution in [2.75, 3.05) is 0 Å². The van der Waals surface area contributed by atoms with E-state index in [1.165, 1.54) is 21.7 Å². The van der Waals surface area contributed by atoms with Crippen molar-refractivity contribution in [3.63, 3.8) is 0 Å². The lowest BCUT2D eigenvalue weighted by molar-refractivity contribution is 0.394. The number of hydrogen-bond acceptors (Lipinski definition) is 3. The van der Waals surface area contributed by atoms with Crippen molar-refractivity contribution < 1.29 is 15.3 Å². The van der Waals surface area contributed by atoms with Crippen LogP contribution in [0.1, 0.15) is 16.7 Å². The predicted molar refractivity (Wildman–Crippen MR) is 192 cm³/mol. The molecule has 0 aromatic heterocycles. The van der Waals surface area contributed by atoms with Gasteiger partial charge in [-0.05, 0) is 109 Å². The fraction of sp³-hybridized carbons (Fsp3) is 0.0698. The van der Waals surface area contributed by atoms with E-state index in [2.05, 4.69) is 116 Å². The topological polar surface area (TPSA) is 60.7 Å². The van der Waals surface area contributed by atoms with Crippen molar-refractivity contribution in [2.45, 2.75) is 20.8 Å². The van der Waals surface area contributed by atoms with E-state index in [1.807, 2.05) is 12.1 Å². The molecule has 8 aromatic rings. The molecule has 222 valence electrons. The molecule has 0 atom stereocenters. The molecule has 0 amide bonds. The first kappa shape index (κ1) is 27.7. The summed E-state index contributed by atoms with van der Waals surface area (Å²) in [5, 5.41) is 42.2. The number of aryl methyl sites for hydroxylation is 1. The van der Waals surface area contributed by atoms with E-state index in [1.54, 1.807) is 13.8 Å². The van der Waals surface area contributed by atoms with Crippen LogP contribution in [0.4, 0.5) is 0 Å². The average Bonchev–Trinajstić information content (AvgIpc) is 3.09. The lowest BCUT2D eigenvalue weighted by Gasteiger charge is -2.20. The van der Waals surface area contributed by atoms with Crippen LogP contribution in [0.15, 0.2) is 121 Å². The molecule has 0 fully saturated rings. The summed E-state index contributed by atoms with van der Waals surface area (Å²) in [7, 11) is 0. The molecule has 0 heterocycles. The zero-order valence-corrected chi connectivity index (χ0v) is 25.9. The Morgan fingerprint density at radius 1 is 0.348 bits per heavy atom. The van der Waals surface area contributed by atoms with Crippen LogP contribution in [-0.4, -0.2) is 15.3 Å². The minimum atomic E-state index is -0.321. The number of fused-ring (bicyclic) bond motifs is 5. The highest BCUT2D eigenvalue weighted by atomic mass is 16.3. The standard InChI is InChI=1S/C43H32O3/c1-24-12-14-28(15-13-24)38-34-10-6-7-11-35(34)39(30-18-20-33-29(22-30)17-16-27-8-4-5-9-32(27)33)37-23-31(19-21-36(37)38)40-41(44)25(2)26(3)42(45)43(40)46/h4-23,44-46H,1-3H3. The Hall–Kier alpha value is -5.80. The summed E-state index contributed by atoms with van der Waals surface area (Å²) in [6.07, 6.45) is 0. The van der Waals surface area contributed by atoms with Crippen LogP contribution >= 0.6 is 0 Å². The molecule has 8 aromatic carbocycles. The minimum Gasteiger partial charge on any atom is -0.507 e. The molecule has 0 spiro atoms. The summed E-state index contributed by atoms with van der Waals surface area (Å²) in [6, 6.07) is 42.7. The summed E-state index contributed by atoms with van der Waals surface area (Å²) in [5.41, 5.74) is 7.43. The largest absolute Gasteiger partial charge is 0.507 e. The van der Waals surface area contributed by atoms with E-state index >= 15 is 0 Å². The van der Waals surface area contributed by atoms with Crippen LogP contribution in [0.5, 0.6) is 17.2 Å². The van der Waals surface area contributed by atoms with Crippen molar-refractivity contribution in [1.29, 1.82) is 0 Å². The van der Waals surface area contributed by atoms with Gasteiger partial charge in [0.25, 0.3) is 0 Å². The molecule has 0 saturated heterocycles. The van der Waals surface area contributed by atoms with Crippen LogP contribution in [0.3, 0.4) is 0 Å². The molecule has 0 bridgehead atoms. The molecule has 0 aliphatic carbocycles. The number of rotatable bonds is 3. The van der Waals surface area contributed by atoms with Crippen molar-refractivity contribution in [3.8, 4) is 50.6 Å². The normalized spacial score (nSPS) is 11.6. The number of hydrogen-bond donors (Lipinski definition) is 3. The molecule has 0 aliphatic heterocycles. The quantitative estimate of drug-likeness (QED) is 0.0823. The Bertz CT molecular complexity index is 2490. The minimum absolute atomic E-state index is 0.0363. The molecule has 0 saturated carbocycles. The maximum atomic E-state index is 11.3. The summed E-state index contributed by atoms with van der Waals surface area (Å²) in [6.45, 7) is 5.53. The molecule has 3 nitrogen and oxygen atoms in total. The van der Waals surface area contributed by atoms with E-state index in [-0.39, 0.29) is 22.8 Å². The third-order valence-electron chi connectivity index (χ3n) is 9.66. The van der Waals surface area contributed by atoms with Gasteiger partial charge < -0.3 is 15.3 Å². The van der Waals surface area contributed by atoms with Crippen molar-refractivity contribution in [2.24, 2.45) is 0 Å². The van der Waals surface area contributed by atoms with Gasteiger partial charge in [-0.2, -0.15) is 0 Å². The van der Waals surface area contributed by atoms with Gasteiger partial charge in [-0.1, -0.05) is 115 Å². The van der Waals surface area contributed by atoms with Gasteiger partial charge in [-0.15, -0.1) is 0 Å². The first-order chi connectivity index (χ1) is 22.3. The van der Waals surface area contributed by atoms with Crippen LogP contribution in [0.25, 0.3) is 76.5 Å². The van der Waals surface area contributed by atoms with Crippen molar-refractivity contribution in [1.82, 2.24) is 0 Å². The maximum absolute atomic E-state index is 11.3. The molecule has 0 radical (unpaired) electrons. The third kappa shape index (κ3) is 4.13. The smallest absolute Gasteiger partial charge is 0.169 e. The summed E-state index contributed by atoms with van der Waals surface area (Å²) in [4.78, 5) is 0. The van der Waals surface area contributed by atoms with Gasteiger partial charge in [0.2, 0.25) is 0 Å². The Labute approximate surface area is 267 Å². The molecular formula is C43H32O3. The van der Waals surface area contributed by atoms with Crippen molar-refractivity contribution >= 4 is 43.1 Å². The first-order valence-corrected chi connectivity index (χ1v) is 15.5. The van der Waals surface area contributed by atoms with E-state index in [0.717, 1.165) is 49.2 Å². The van der Waals surface area contributed by atoms with Gasteiger partial charge in [0.1, 0.15) is 5.75 Å². The summed E-state index contributed by atoms with van der Waals surface area (Å²) >= 11 is 0. The fourth-order valence-electron chi connectivity index (χ4n) is 7.07. The van der Waals surface area contributed by atoms with Crippen LogP contribution < -0.4 is 0 Å². The number of phenols is 3. The second-order valence-corrected chi connectivity index (χ2v) is 12.3. The van der Waals surface area contributed by atoms with Crippen LogP contribution in [0, 0.1) is 20.8 Å². The Balaban J connectivity index is 1.51. The predicted octanol–water partition coefficient (Wildman–Crippen LogP) is 11.3. The molecule has 0 unspecified atom stereocenters. The van der Waals surface area contributed by atoms with E-state index in [4.69, 9.17) is 0 Å². The summed E-state index contributed by atoms with van der Waals surface area (Å²) in [5.74, 6) is -0.573. The van der Waals surface area contributed by atoms with Gasteiger partial charge in [0.05, 0.1) is 5.56 Å².